The Labute approximate surface area is 306 Å². The third-order valence-electron chi connectivity index (χ3n) is 9.68. The molecule has 0 fully saturated rings. The maximum absolute atomic E-state index is 12.3. The molecule has 0 spiro atoms. The third kappa shape index (κ3) is 39.9. The highest BCUT2D eigenvalue weighted by Crippen LogP contribution is 2.16. The predicted molar refractivity (Wildman–Crippen MR) is 202 cm³/mol. The van der Waals surface area contributed by atoms with E-state index >= 15 is 0 Å². The molecule has 0 aromatic rings. The Morgan fingerprint density at radius 3 is 0.792 bits per heavy atom. The fraction of sp³-hybridized carbons (Fsp3) is 0.952. The summed E-state index contributed by atoms with van der Waals surface area (Å²) in [5, 5.41) is 0. The summed E-state index contributed by atoms with van der Waals surface area (Å²) >= 11 is 0. The van der Waals surface area contributed by atoms with Crippen LogP contribution in [-0.4, -0.2) is 43.7 Å². The first kappa shape index (κ1) is 49.6. The Hall–Kier alpha value is -0.490. The molecule has 0 rings (SSSR count). The molecule has 0 unspecified atom stereocenters. The second kappa shape index (κ2) is 39.3. The number of hydroxylamine groups is 4. The molecule has 0 aromatic heterocycles. The lowest BCUT2D eigenvalue weighted by Crippen LogP contribution is -3.00. The Balaban J connectivity index is 0. The summed E-state index contributed by atoms with van der Waals surface area (Å²) < 4.78 is 0. The highest BCUT2D eigenvalue weighted by Gasteiger charge is 2.20. The van der Waals surface area contributed by atoms with E-state index in [1.54, 1.807) is 0 Å². The molecule has 0 aromatic carbocycles. The van der Waals surface area contributed by atoms with Gasteiger partial charge in [0.25, 0.3) is 0 Å². The quantitative estimate of drug-likeness (QED) is 0.0362. The standard InChI is InChI=1S/C42H84NO4.ClH/c1-5-7-9-11-13-15-17-19-21-23-25-27-29-31-33-35-41(44)37-39-46-43(3,4)47-40-38-42(45)36-34-32-30-28-26-24-22-20-18-16-14-12-10-8-6-2;/h5-40H2,1-4H3;1H/q+1;/p-1. The Kier molecular flexibility index (Phi) is 40.6. The van der Waals surface area contributed by atoms with Crippen LogP contribution in [0.3, 0.4) is 0 Å². The number of halogens is 1. The molecule has 0 atom stereocenters. The molecule has 0 amide bonds. The molecule has 0 aliphatic carbocycles. The van der Waals surface area contributed by atoms with Crippen LogP contribution in [0.1, 0.15) is 232 Å². The van der Waals surface area contributed by atoms with Crippen molar-refractivity contribution in [2.24, 2.45) is 0 Å². The van der Waals surface area contributed by atoms with Gasteiger partial charge in [-0.1, -0.05) is 194 Å². The maximum Gasteiger partial charge on any atom is 0.135 e. The predicted octanol–water partition coefficient (Wildman–Crippen LogP) is 10.4. The van der Waals surface area contributed by atoms with Crippen molar-refractivity contribution in [2.45, 2.75) is 232 Å². The van der Waals surface area contributed by atoms with Gasteiger partial charge in [-0.3, -0.25) is 9.59 Å². The monoisotopic (exact) mass is 702 g/mol. The summed E-state index contributed by atoms with van der Waals surface area (Å²) in [5.41, 5.74) is 0. The number of nitrogens with zero attached hydrogens (tertiary/aromatic N) is 1. The van der Waals surface area contributed by atoms with E-state index in [-0.39, 0.29) is 28.8 Å². The van der Waals surface area contributed by atoms with E-state index < -0.39 is 0 Å². The van der Waals surface area contributed by atoms with Gasteiger partial charge in [0, 0.05) is 25.7 Å². The molecule has 5 nitrogen and oxygen atoms in total. The first-order valence-corrected chi connectivity index (χ1v) is 21.1. The highest BCUT2D eigenvalue weighted by molar-refractivity contribution is 5.78. The molecule has 0 heterocycles. The van der Waals surface area contributed by atoms with E-state index in [2.05, 4.69) is 13.8 Å². The van der Waals surface area contributed by atoms with Gasteiger partial charge in [0.2, 0.25) is 0 Å². The van der Waals surface area contributed by atoms with Crippen molar-refractivity contribution < 1.29 is 36.5 Å². The maximum atomic E-state index is 12.3. The van der Waals surface area contributed by atoms with Gasteiger partial charge in [-0.25, -0.2) is 0 Å². The van der Waals surface area contributed by atoms with Gasteiger partial charge < -0.3 is 12.4 Å². The third-order valence-corrected chi connectivity index (χ3v) is 9.68. The number of hydrogen-bond donors (Lipinski definition) is 0. The molecule has 48 heavy (non-hydrogen) atoms. The number of ketones is 2. The van der Waals surface area contributed by atoms with Gasteiger partial charge in [-0.2, -0.15) is 9.68 Å². The first-order valence-electron chi connectivity index (χ1n) is 21.1. The smallest absolute Gasteiger partial charge is 0.135 e. The number of unbranched alkanes of at least 4 members (excludes halogenated alkanes) is 28. The molecule has 0 saturated heterocycles. The van der Waals surface area contributed by atoms with Crippen LogP contribution in [0.2, 0.25) is 0 Å². The van der Waals surface area contributed by atoms with E-state index in [0.29, 0.717) is 38.9 Å². The molecule has 6 heteroatoms. The second-order valence-electron chi connectivity index (χ2n) is 14.9. The van der Waals surface area contributed by atoms with Gasteiger partial charge in [-0.05, 0) is 17.7 Å². The van der Waals surface area contributed by atoms with Crippen molar-refractivity contribution in [2.75, 3.05) is 27.3 Å². The van der Waals surface area contributed by atoms with Crippen LogP contribution < -0.4 is 12.4 Å². The number of hydrogen-bond acceptors (Lipinski definition) is 4. The summed E-state index contributed by atoms with van der Waals surface area (Å²) in [6, 6.07) is 0. The molecule has 0 N–H and O–H groups in total. The van der Waals surface area contributed by atoms with E-state index in [1.165, 1.54) is 167 Å². The van der Waals surface area contributed by atoms with Gasteiger partial charge in [-0.15, -0.1) is 0 Å². The lowest BCUT2D eigenvalue weighted by atomic mass is 10.0. The zero-order valence-electron chi connectivity index (χ0n) is 32.9. The first-order chi connectivity index (χ1) is 22.9. The molecule has 0 aliphatic rings. The van der Waals surface area contributed by atoms with Gasteiger partial charge in [0.05, 0.1) is 0 Å². The minimum atomic E-state index is -0.0710. The lowest BCUT2D eigenvalue weighted by Gasteiger charge is -2.23. The summed E-state index contributed by atoms with van der Waals surface area (Å²) in [6.45, 7) is 5.28. The number of rotatable bonds is 40. The van der Waals surface area contributed by atoms with Crippen molar-refractivity contribution in [3.63, 3.8) is 0 Å². The van der Waals surface area contributed by atoms with Crippen LogP contribution in [0.5, 0.6) is 0 Å². The molecular weight excluding hydrogens is 618 g/mol. The number of carbonyl (C=O) groups is 2. The number of Topliss-reactive ketones (excluding diaryl/α,β-unsaturated/α-hetero) is 2. The fourth-order valence-corrected chi connectivity index (χ4v) is 6.43. The number of quaternary nitrogens is 1. The van der Waals surface area contributed by atoms with Crippen LogP contribution >= 0.6 is 0 Å². The molecule has 0 aliphatic heterocycles. The zero-order chi connectivity index (χ0) is 34.5. The molecular formula is C42H84ClNO4. The van der Waals surface area contributed by atoms with Crippen molar-refractivity contribution in [1.29, 1.82) is 0 Å². The van der Waals surface area contributed by atoms with E-state index in [9.17, 15) is 9.59 Å². The second-order valence-corrected chi connectivity index (χ2v) is 14.9. The van der Waals surface area contributed by atoms with Crippen LogP contribution in [0.15, 0.2) is 0 Å². The SMILES string of the molecule is CCCCCCCCCCCCCCCCCC(=O)CCO[N+](C)(C)OCCC(=O)CCCCCCCCCCCCCCCCC.[Cl-]. The Morgan fingerprint density at radius 1 is 0.354 bits per heavy atom. The van der Waals surface area contributed by atoms with E-state index in [4.69, 9.17) is 9.68 Å². The average molecular weight is 703 g/mol. The molecule has 0 radical (unpaired) electrons. The van der Waals surface area contributed by atoms with E-state index in [1.807, 2.05) is 14.1 Å². The fourth-order valence-electron chi connectivity index (χ4n) is 6.43. The van der Waals surface area contributed by atoms with Crippen LogP contribution in [0.4, 0.5) is 0 Å². The average Bonchev–Trinajstić information content (AvgIpc) is 3.04. The van der Waals surface area contributed by atoms with Gasteiger partial charge >= 0.3 is 0 Å². The normalized spacial score (nSPS) is 11.6. The van der Waals surface area contributed by atoms with Crippen LogP contribution in [0.25, 0.3) is 0 Å². The lowest BCUT2D eigenvalue weighted by molar-refractivity contribution is -1.22. The van der Waals surface area contributed by atoms with E-state index in [0.717, 1.165) is 25.7 Å². The summed E-state index contributed by atoms with van der Waals surface area (Å²) in [7, 11) is 3.64. The van der Waals surface area contributed by atoms with Crippen LogP contribution in [-0.2, 0) is 19.3 Å². The Bertz CT molecular complexity index is 618. The van der Waals surface area contributed by atoms with Gasteiger partial charge in [0.1, 0.15) is 38.9 Å². The van der Waals surface area contributed by atoms with Crippen molar-refractivity contribution >= 4 is 11.6 Å². The minimum Gasteiger partial charge on any atom is -1.00 e. The molecule has 0 saturated carbocycles. The molecule has 0 bridgehead atoms. The minimum absolute atomic E-state index is 0. The van der Waals surface area contributed by atoms with Crippen molar-refractivity contribution in [3.8, 4) is 0 Å². The zero-order valence-corrected chi connectivity index (χ0v) is 33.7. The Morgan fingerprint density at radius 2 is 0.562 bits per heavy atom. The van der Waals surface area contributed by atoms with Crippen LogP contribution in [0, 0.1) is 0 Å². The number of carbonyl (C=O) groups excluding carboxylic acids is 2. The summed E-state index contributed by atoms with van der Waals surface area (Å²) in [5.74, 6) is 0.553. The van der Waals surface area contributed by atoms with Gasteiger partial charge in [0.15, 0.2) is 0 Å². The highest BCUT2D eigenvalue weighted by atomic mass is 35.5. The summed E-state index contributed by atoms with van der Waals surface area (Å²) in [6.07, 6.45) is 42.3. The summed E-state index contributed by atoms with van der Waals surface area (Å²) in [4.78, 5) is 36.0. The molecule has 288 valence electrons. The largest absolute Gasteiger partial charge is 1.00 e. The van der Waals surface area contributed by atoms with Crippen molar-refractivity contribution in [1.82, 2.24) is 0 Å². The van der Waals surface area contributed by atoms with Crippen molar-refractivity contribution in [3.05, 3.63) is 0 Å². The topological polar surface area (TPSA) is 52.6 Å².